The highest BCUT2D eigenvalue weighted by atomic mass is 16.1. The Labute approximate surface area is 62.0 Å². The van der Waals surface area contributed by atoms with Crippen LogP contribution in [0, 0.1) is 0 Å². The van der Waals surface area contributed by atoms with Gasteiger partial charge in [0, 0.05) is 6.42 Å². The van der Waals surface area contributed by atoms with E-state index in [0.717, 1.165) is 12.8 Å². The third kappa shape index (κ3) is 2.94. The molecule has 0 aliphatic rings. The summed E-state index contributed by atoms with van der Waals surface area (Å²) in [5.74, 6) is 5.36. The fourth-order valence-corrected chi connectivity index (χ4v) is 0.859. The summed E-state index contributed by atoms with van der Waals surface area (Å²) in [4.78, 5) is 11.1. The van der Waals surface area contributed by atoms with Crippen LogP contribution in [-0.2, 0) is 4.79 Å². The number of rotatable bonds is 5. The monoisotopic (exact) mass is 144 g/mol. The quantitative estimate of drug-likeness (QED) is 0.439. The van der Waals surface area contributed by atoms with Crippen LogP contribution in [0.1, 0.15) is 33.1 Å². The molecule has 60 valence electrons. The molecule has 0 aromatic rings. The van der Waals surface area contributed by atoms with Gasteiger partial charge in [0.25, 0.3) is 0 Å². The second-order valence-electron chi connectivity index (χ2n) is 2.34. The van der Waals surface area contributed by atoms with Gasteiger partial charge in [-0.15, -0.1) is 0 Å². The molecule has 0 aliphatic carbocycles. The van der Waals surface area contributed by atoms with E-state index in [9.17, 15) is 4.79 Å². The van der Waals surface area contributed by atoms with Crippen LogP contribution >= 0.6 is 0 Å². The Morgan fingerprint density at radius 1 is 1.60 bits per heavy atom. The average Bonchev–Trinajstić information content (AvgIpc) is 1.91. The number of ketones is 1. The van der Waals surface area contributed by atoms with Crippen LogP contribution in [0.5, 0.6) is 0 Å². The lowest BCUT2D eigenvalue weighted by atomic mass is 10.1. The summed E-state index contributed by atoms with van der Waals surface area (Å²) in [5.41, 5.74) is 2.49. The lowest BCUT2D eigenvalue weighted by molar-refractivity contribution is -0.121. The van der Waals surface area contributed by atoms with Crippen molar-refractivity contribution in [3.63, 3.8) is 0 Å². The number of nitrogens with two attached hydrogens (primary N) is 1. The van der Waals surface area contributed by atoms with Crippen LogP contribution in [0.25, 0.3) is 0 Å². The predicted molar refractivity (Wildman–Crippen MR) is 41.3 cm³/mol. The number of carbonyl (C=O) groups excluding carboxylic acids is 1. The summed E-state index contributed by atoms with van der Waals surface area (Å²) >= 11 is 0. The van der Waals surface area contributed by atoms with Crippen LogP contribution in [0.15, 0.2) is 0 Å². The van der Waals surface area contributed by atoms with Gasteiger partial charge in [-0.2, -0.15) is 0 Å². The van der Waals surface area contributed by atoms with Crippen molar-refractivity contribution in [2.24, 2.45) is 5.84 Å². The molecule has 0 saturated heterocycles. The minimum Gasteiger partial charge on any atom is -0.298 e. The van der Waals surface area contributed by atoms with Gasteiger partial charge in [-0.1, -0.05) is 13.8 Å². The van der Waals surface area contributed by atoms with Gasteiger partial charge in [0.1, 0.15) is 0 Å². The zero-order chi connectivity index (χ0) is 7.98. The molecule has 3 N–H and O–H groups in total. The Morgan fingerprint density at radius 2 is 2.20 bits per heavy atom. The SMILES string of the molecule is CCCC(=O)C(CC)NN. The van der Waals surface area contributed by atoms with Crippen LogP contribution < -0.4 is 11.3 Å². The molecule has 0 fully saturated rings. The zero-order valence-electron chi connectivity index (χ0n) is 6.68. The van der Waals surface area contributed by atoms with Crippen molar-refractivity contribution < 1.29 is 4.79 Å². The molecule has 3 nitrogen and oxygen atoms in total. The maximum absolute atomic E-state index is 11.1. The minimum atomic E-state index is -0.139. The molecule has 0 amide bonds. The van der Waals surface area contributed by atoms with Gasteiger partial charge >= 0.3 is 0 Å². The Kier molecular flexibility index (Phi) is 5.16. The Balaban J connectivity index is 3.65. The molecule has 0 spiro atoms. The molecule has 0 rings (SSSR count). The molecule has 0 aliphatic heterocycles. The summed E-state index contributed by atoms with van der Waals surface area (Å²) in [6, 6.07) is -0.139. The molecule has 10 heavy (non-hydrogen) atoms. The van der Waals surface area contributed by atoms with E-state index >= 15 is 0 Å². The average molecular weight is 144 g/mol. The summed E-state index contributed by atoms with van der Waals surface area (Å²) < 4.78 is 0. The Hall–Kier alpha value is -0.410. The van der Waals surface area contributed by atoms with E-state index in [2.05, 4.69) is 5.43 Å². The topological polar surface area (TPSA) is 55.1 Å². The first-order valence-corrected chi connectivity index (χ1v) is 3.75. The van der Waals surface area contributed by atoms with Crippen molar-refractivity contribution in [1.82, 2.24) is 5.43 Å². The van der Waals surface area contributed by atoms with Crippen molar-refractivity contribution in [2.45, 2.75) is 39.2 Å². The van der Waals surface area contributed by atoms with E-state index < -0.39 is 0 Å². The number of carbonyl (C=O) groups is 1. The van der Waals surface area contributed by atoms with Crippen molar-refractivity contribution in [2.75, 3.05) is 0 Å². The maximum Gasteiger partial charge on any atom is 0.151 e. The molecule has 0 bridgehead atoms. The van der Waals surface area contributed by atoms with Crippen LogP contribution in [-0.4, -0.2) is 11.8 Å². The highest BCUT2D eigenvalue weighted by molar-refractivity contribution is 5.83. The van der Waals surface area contributed by atoms with Gasteiger partial charge in [0.05, 0.1) is 6.04 Å². The summed E-state index contributed by atoms with van der Waals surface area (Å²) in [7, 11) is 0. The molecule has 0 heterocycles. The lowest BCUT2D eigenvalue weighted by Crippen LogP contribution is -2.40. The van der Waals surface area contributed by atoms with E-state index in [0.29, 0.717) is 6.42 Å². The minimum absolute atomic E-state index is 0.139. The smallest absolute Gasteiger partial charge is 0.151 e. The number of Topliss-reactive ketones (excluding diaryl/α,β-unsaturated/α-hetero) is 1. The molecule has 1 atom stereocenters. The van der Waals surface area contributed by atoms with Gasteiger partial charge in [-0.05, 0) is 12.8 Å². The number of hydrogen-bond acceptors (Lipinski definition) is 3. The molecule has 0 saturated carbocycles. The number of hydrogen-bond donors (Lipinski definition) is 2. The second-order valence-corrected chi connectivity index (χ2v) is 2.34. The highest BCUT2D eigenvalue weighted by Gasteiger charge is 2.11. The number of hydrazine groups is 1. The van der Waals surface area contributed by atoms with E-state index in [1.165, 1.54) is 0 Å². The first-order chi connectivity index (χ1) is 4.76. The van der Waals surface area contributed by atoms with Crippen molar-refractivity contribution in [3.8, 4) is 0 Å². The van der Waals surface area contributed by atoms with Gasteiger partial charge in [0.15, 0.2) is 5.78 Å². The standard InChI is InChI=1S/C7H16N2O/c1-3-5-7(10)6(4-2)9-8/h6,9H,3-5,8H2,1-2H3. The van der Waals surface area contributed by atoms with Crippen molar-refractivity contribution in [3.05, 3.63) is 0 Å². The van der Waals surface area contributed by atoms with E-state index in [-0.39, 0.29) is 11.8 Å². The predicted octanol–water partition coefficient (Wildman–Crippen LogP) is 0.598. The van der Waals surface area contributed by atoms with Gasteiger partial charge in [0.2, 0.25) is 0 Å². The molecule has 0 aromatic carbocycles. The first kappa shape index (κ1) is 9.59. The van der Waals surface area contributed by atoms with Crippen LogP contribution in [0.3, 0.4) is 0 Å². The molecule has 1 unspecified atom stereocenters. The van der Waals surface area contributed by atoms with Crippen molar-refractivity contribution in [1.29, 1.82) is 0 Å². The lowest BCUT2D eigenvalue weighted by Gasteiger charge is -2.10. The normalized spacial score (nSPS) is 13.1. The fraction of sp³-hybridized carbons (Fsp3) is 0.857. The van der Waals surface area contributed by atoms with Crippen LogP contribution in [0.2, 0.25) is 0 Å². The van der Waals surface area contributed by atoms with E-state index in [1.54, 1.807) is 0 Å². The third-order valence-corrected chi connectivity index (χ3v) is 1.49. The largest absolute Gasteiger partial charge is 0.298 e. The maximum atomic E-state index is 11.1. The third-order valence-electron chi connectivity index (χ3n) is 1.49. The summed E-state index contributed by atoms with van der Waals surface area (Å²) in [6.07, 6.45) is 2.30. The van der Waals surface area contributed by atoms with Crippen molar-refractivity contribution >= 4 is 5.78 Å². The molecule has 0 aromatic heterocycles. The van der Waals surface area contributed by atoms with E-state index in [1.807, 2.05) is 13.8 Å². The van der Waals surface area contributed by atoms with Gasteiger partial charge in [-0.25, -0.2) is 5.43 Å². The Bertz CT molecular complexity index is 99.8. The number of nitrogens with one attached hydrogen (secondary N) is 1. The van der Waals surface area contributed by atoms with E-state index in [4.69, 9.17) is 5.84 Å². The summed E-state index contributed by atoms with van der Waals surface area (Å²) in [6.45, 7) is 3.93. The van der Waals surface area contributed by atoms with Crippen LogP contribution in [0.4, 0.5) is 0 Å². The summed E-state index contributed by atoms with van der Waals surface area (Å²) in [5, 5.41) is 0. The molecular weight excluding hydrogens is 128 g/mol. The fourth-order valence-electron chi connectivity index (χ4n) is 0.859. The van der Waals surface area contributed by atoms with Gasteiger partial charge in [-0.3, -0.25) is 10.6 Å². The zero-order valence-corrected chi connectivity index (χ0v) is 6.68. The van der Waals surface area contributed by atoms with Gasteiger partial charge < -0.3 is 0 Å². The first-order valence-electron chi connectivity index (χ1n) is 3.75. The second kappa shape index (κ2) is 5.38. The Morgan fingerprint density at radius 3 is 2.50 bits per heavy atom. The molecular formula is C7H16N2O. The molecule has 0 radical (unpaired) electrons. The highest BCUT2D eigenvalue weighted by Crippen LogP contribution is 1.97. The molecule has 3 heteroatoms.